The molecule has 1 aromatic carbocycles. The summed E-state index contributed by atoms with van der Waals surface area (Å²) < 4.78 is 5.34. The highest BCUT2D eigenvalue weighted by Crippen LogP contribution is 2.22. The van der Waals surface area contributed by atoms with E-state index in [-0.39, 0.29) is 18.1 Å². The van der Waals surface area contributed by atoms with Gasteiger partial charge in [-0.05, 0) is 19.3 Å². The summed E-state index contributed by atoms with van der Waals surface area (Å²) in [6.45, 7) is 1.54. The number of rotatable bonds is 3. The molecule has 3 rings (SSSR count). The molecule has 104 valence electrons. The van der Waals surface area contributed by atoms with Crippen LogP contribution in [-0.4, -0.2) is 29.7 Å². The smallest absolute Gasteiger partial charge is 0.230 e. The number of fused-ring (bicyclic) bond motifs is 1. The molecule has 1 aliphatic heterocycles. The fraction of sp³-hybridized carbons (Fsp3) is 0.375. The Hall–Kier alpha value is -2.10. The fourth-order valence-corrected chi connectivity index (χ4v) is 2.68. The third kappa shape index (κ3) is 2.46. The number of benzene rings is 1. The minimum Gasteiger partial charge on any atom is -0.460 e. The highest BCUT2D eigenvalue weighted by Gasteiger charge is 2.22. The van der Waals surface area contributed by atoms with Gasteiger partial charge < -0.3 is 9.32 Å². The van der Waals surface area contributed by atoms with Gasteiger partial charge in [0.15, 0.2) is 5.76 Å². The summed E-state index contributed by atoms with van der Waals surface area (Å²) in [5.41, 5.74) is 0. The zero-order chi connectivity index (χ0) is 13.9. The molecule has 1 fully saturated rings. The first-order chi connectivity index (χ1) is 9.75. The van der Waals surface area contributed by atoms with Gasteiger partial charge in [0, 0.05) is 23.9 Å². The maximum absolute atomic E-state index is 12.2. The number of hydrogen-bond donors (Lipinski definition) is 0. The van der Waals surface area contributed by atoms with Crippen LogP contribution in [0.25, 0.3) is 10.8 Å². The number of nitrogens with zero attached hydrogens (tertiary/aromatic N) is 1. The Bertz CT molecular complexity index is 638. The van der Waals surface area contributed by atoms with Crippen LogP contribution in [0.15, 0.2) is 34.9 Å². The van der Waals surface area contributed by atoms with E-state index < -0.39 is 0 Å². The van der Waals surface area contributed by atoms with E-state index in [4.69, 9.17) is 4.42 Å². The summed E-state index contributed by atoms with van der Waals surface area (Å²) in [5.74, 6) is -0.0251. The molecule has 0 unspecified atom stereocenters. The third-order valence-corrected chi connectivity index (χ3v) is 3.78. The molecule has 0 aliphatic carbocycles. The van der Waals surface area contributed by atoms with Crippen molar-refractivity contribution in [2.45, 2.75) is 25.7 Å². The van der Waals surface area contributed by atoms with Crippen molar-refractivity contribution >= 4 is 22.5 Å². The maximum atomic E-state index is 12.2. The zero-order valence-corrected chi connectivity index (χ0v) is 11.3. The largest absolute Gasteiger partial charge is 0.460 e. The molecule has 2 heterocycles. The molecule has 4 nitrogen and oxygen atoms in total. The molecule has 20 heavy (non-hydrogen) atoms. The number of carbonyl (C=O) groups excluding carboxylic acids is 2. The van der Waals surface area contributed by atoms with Gasteiger partial charge in [0.05, 0.1) is 12.7 Å². The fourth-order valence-electron chi connectivity index (χ4n) is 2.68. The Morgan fingerprint density at radius 3 is 2.65 bits per heavy atom. The van der Waals surface area contributed by atoms with Gasteiger partial charge in [0.2, 0.25) is 11.7 Å². The summed E-state index contributed by atoms with van der Waals surface area (Å²) in [6, 6.07) is 7.49. The molecule has 1 saturated heterocycles. The van der Waals surface area contributed by atoms with Crippen LogP contribution in [0.4, 0.5) is 0 Å². The van der Waals surface area contributed by atoms with Crippen molar-refractivity contribution in [3.8, 4) is 0 Å². The first-order valence-electron chi connectivity index (χ1n) is 7.03. The van der Waals surface area contributed by atoms with E-state index in [1.807, 2.05) is 24.3 Å². The molecular weight excluding hydrogens is 254 g/mol. The second-order valence-corrected chi connectivity index (χ2v) is 5.19. The summed E-state index contributed by atoms with van der Waals surface area (Å²) >= 11 is 0. The van der Waals surface area contributed by atoms with Crippen molar-refractivity contribution in [1.29, 1.82) is 0 Å². The van der Waals surface area contributed by atoms with Crippen LogP contribution in [-0.2, 0) is 4.79 Å². The predicted octanol–water partition coefficient (Wildman–Crippen LogP) is 3.02. The lowest BCUT2D eigenvalue weighted by Gasteiger charge is -2.26. The lowest BCUT2D eigenvalue weighted by molar-refractivity contribution is -0.131. The molecule has 0 radical (unpaired) electrons. The Kier molecular flexibility index (Phi) is 3.54. The molecule has 1 aromatic heterocycles. The van der Waals surface area contributed by atoms with Crippen LogP contribution in [0, 0.1) is 0 Å². The minimum atomic E-state index is -0.234. The number of amides is 1. The molecule has 0 bridgehead atoms. The lowest BCUT2D eigenvalue weighted by Crippen LogP contribution is -2.36. The minimum absolute atomic E-state index is 0.0878. The summed E-state index contributed by atoms with van der Waals surface area (Å²) in [7, 11) is 0. The SMILES string of the molecule is O=C(CC(=O)N1CCCCC1)c1occ2ccccc12. The first-order valence-corrected chi connectivity index (χ1v) is 7.03. The van der Waals surface area contributed by atoms with E-state index in [1.165, 1.54) is 6.42 Å². The molecule has 4 heteroatoms. The Morgan fingerprint density at radius 1 is 1.10 bits per heavy atom. The van der Waals surface area contributed by atoms with Crippen LogP contribution < -0.4 is 0 Å². The zero-order valence-electron chi connectivity index (χ0n) is 11.3. The van der Waals surface area contributed by atoms with E-state index in [0.29, 0.717) is 5.76 Å². The number of Topliss-reactive ketones (excluding diaryl/α,β-unsaturated/α-hetero) is 1. The van der Waals surface area contributed by atoms with Gasteiger partial charge in [0.1, 0.15) is 0 Å². The van der Waals surface area contributed by atoms with E-state index in [9.17, 15) is 9.59 Å². The Balaban J connectivity index is 1.74. The molecule has 0 atom stereocenters. The van der Waals surface area contributed by atoms with Crippen molar-refractivity contribution in [3.05, 3.63) is 36.3 Å². The number of likely N-dealkylation sites (tertiary alicyclic amines) is 1. The van der Waals surface area contributed by atoms with Crippen LogP contribution in [0.1, 0.15) is 36.2 Å². The van der Waals surface area contributed by atoms with Gasteiger partial charge in [-0.2, -0.15) is 0 Å². The van der Waals surface area contributed by atoms with Crippen LogP contribution in [0.2, 0.25) is 0 Å². The Morgan fingerprint density at radius 2 is 1.85 bits per heavy atom. The molecule has 0 N–H and O–H groups in total. The normalized spacial score (nSPS) is 15.5. The van der Waals surface area contributed by atoms with E-state index >= 15 is 0 Å². The van der Waals surface area contributed by atoms with Crippen molar-refractivity contribution in [2.24, 2.45) is 0 Å². The average molecular weight is 271 g/mol. The van der Waals surface area contributed by atoms with E-state index in [2.05, 4.69) is 0 Å². The summed E-state index contributed by atoms with van der Waals surface area (Å²) in [5, 5.41) is 1.67. The number of hydrogen-bond acceptors (Lipinski definition) is 3. The van der Waals surface area contributed by atoms with Crippen molar-refractivity contribution in [2.75, 3.05) is 13.1 Å². The number of carbonyl (C=O) groups is 2. The van der Waals surface area contributed by atoms with Crippen molar-refractivity contribution in [3.63, 3.8) is 0 Å². The molecule has 1 aliphatic rings. The van der Waals surface area contributed by atoms with E-state index in [0.717, 1.165) is 36.7 Å². The highest BCUT2D eigenvalue weighted by molar-refractivity contribution is 6.12. The number of piperidine rings is 1. The van der Waals surface area contributed by atoms with Crippen LogP contribution in [0.5, 0.6) is 0 Å². The molecule has 0 saturated carbocycles. The number of furan rings is 1. The van der Waals surface area contributed by atoms with Crippen molar-refractivity contribution < 1.29 is 14.0 Å². The average Bonchev–Trinajstić information content (AvgIpc) is 2.92. The Labute approximate surface area is 117 Å². The topological polar surface area (TPSA) is 50.5 Å². The summed E-state index contributed by atoms with van der Waals surface area (Å²) in [4.78, 5) is 26.1. The predicted molar refractivity (Wildman–Crippen MR) is 75.6 cm³/mol. The monoisotopic (exact) mass is 271 g/mol. The third-order valence-electron chi connectivity index (χ3n) is 3.78. The van der Waals surface area contributed by atoms with Gasteiger partial charge in [-0.15, -0.1) is 0 Å². The number of ketones is 1. The van der Waals surface area contributed by atoms with Gasteiger partial charge in [-0.3, -0.25) is 9.59 Å². The van der Waals surface area contributed by atoms with Gasteiger partial charge in [-0.1, -0.05) is 24.3 Å². The standard InChI is InChI=1S/C16H17NO3/c18-14(10-15(19)17-8-4-1-5-9-17)16-13-7-3-2-6-12(13)11-20-16/h2-3,6-7,11H,1,4-5,8-10H2. The lowest BCUT2D eigenvalue weighted by atomic mass is 10.1. The van der Waals surface area contributed by atoms with Gasteiger partial charge >= 0.3 is 0 Å². The van der Waals surface area contributed by atoms with Crippen LogP contribution >= 0.6 is 0 Å². The quantitative estimate of drug-likeness (QED) is 0.637. The van der Waals surface area contributed by atoms with Gasteiger partial charge in [0.25, 0.3) is 0 Å². The summed E-state index contributed by atoms with van der Waals surface area (Å²) in [6.07, 6.45) is 4.69. The van der Waals surface area contributed by atoms with Gasteiger partial charge in [-0.25, -0.2) is 0 Å². The van der Waals surface area contributed by atoms with Crippen LogP contribution in [0.3, 0.4) is 0 Å². The van der Waals surface area contributed by atoms with E-state index in [1.54, 1.807) is 11.2 Å². The molecular formula is C16H17NO3. The maximum Gasteiger partial charge on any atom is 0.230 e. The van der Waals surface area contributed by atoms with Crippen molar-refractivity contribution in [1.82, 2.24) is 4.90 Å². The highest BCUT2D eigenvalue weighted by atomic mass is 16.3. The molecule has 1 amide bonds. The molecule has 2 aromatic rings. The molecule has 0 spiro atoms. The first kappa shape index (κ1) is 12.9. The second kappa shape index (κ2) is 5.49. The second-order valence-electron chi connectivity index (χ2n) is 5.19.